The molecule has 3 aromatic heterocycles. The average molecular weight is 286 g/mol. The van der Waals surface area contributed by atoms with Crippen LogP contribution in [0.3, 0.4) is 0 Å². The molecular formula is C14H14N4OS. The average Bonchev–Trinajstić information content (AvgIpc) is 3.05. The van der Waals surface area contributed by atoms with Gasteiger partial charge in [0.2, 0.25) is 5.82 Å². The zero-order valence-electron chi connectivity index (χ0n) is 11.3. The first kappa shape index (κ1) is 12.8. The fourth-order valence-corrected chi connectivity index (χ4v) is 2.75. The Kier molecular flexibility index (Phi) is 3.23. The van der Waals surface area contributed by atoms with Gasteiger partial charge in [-0.25, -0.2) is 0 Å². The molecule has 0 saturated carbocycles. The third-order valence-corrected chi connectivity index (χ3v) is 4.07. The lowest BCUT2D eigenvalue weighted by Gasteiger charge is -1.94. The molecule has 3 rings (SSSR count). The molecule has 0 fully saturated rings. The molecule has 0 aliphatic rings. The van der Waals surface area contributed by atoms with Crippen LogP contribution in [-0.2, 0) is 6.42 Å². The maximum absolute atomic E-state index is 6.00. The lowest BCUT2D eigenvalue weighted by atomic mass is 10.2. The highest BCUT2D eigenvalue weighted by Gasteiger charge is 2.16. The first-order valence-electron chi connectivity index (χ1n) is 6.32. The van der Waals surface area contributed by atoms with Gasteiger partial charge in [0.05, 0.1) is 10.6 Å². The van der Waals surface area contributed by atoms with E-state index in [2.05, 4.69) is 22.0 Å². The Morgan fingerprint density at radius 3 is 2.90 bits per heavy atom. The predicted molar refractivity (Wildman–Crippen MR) is 79.4 cm³/mol. The van der Waals surface area contributed by atoms with E-state index in [1.54, 1.807) is 17.5 Å². The number of thiophene rings is 1. The number of aromatic nitrogens is 3. The van der Waals surface area contributed by atoms with Crippen molar-refractivity contribution in [3.05, 3.63) is 34.8 Å². The number of nitrogens with two attached hydrogens (primary N) is 1. The number of pyridine rings is 1. The summed E-state index contributed by atoms with van der Waals surface area (Å²) in [5, 5.41) is 4.68. The van der Waals surface area contributed by atoms with Crippen molar-refractivity contribution in [2.45, 2.75) is 20.3 Å². The molecule has 102 valence electrons. The minimum Gasteiger partial charge on any atom is -0.390 e. The van der Waals surface area contributed by atoms with Crippen LogP contribution in [0, 0.1) is 6.92 Å². The van der Waals surface area contributed by atoms with E-state index in [0.717, 1.165) is 17.5 Å². The van der Waals surface area contributed by atoms with Crippen LogP contribution in [0.15, 0.2) is 28.9 Å². The summed E-state index contributed by atoms with van der Waals surface area (Å²) in [5.41, 5.74) is 8.60. The van der Waals surface area contributed by atoms with Crippen molar-refractivity contribution >= 4 is 16.3 Å². The monoisotopic (exact) mass is 286 g/mol. The Balaban J connectivity index is 1.99. The third-order valence-electron chi connectivity index (χ3n) is 2.96. The number of rotatable bonds is 3. The van der Waals surface area contributed by atoms with Crippen molar-refractivity contribution < 1.29 is 4.52 Å². The normalized spacial score (nSPS) is 10.9. The largest absolute Gasteiger partial charge is 0.390 e. The van der Waals surface area contributed by atoms with Crippen LogP contribution >= 0.6 is 11.3 Å². The smallest absolute Gasteiger partial charge is 0.261 e. The van der Waals surface area contributed by atoms with E-state index in [0.29, 0.717) is 22.4 Å². The molecular weight excluding hydrogens is 272 g/mol. The zero-order valence-corrected chi connectivity index (χ0v) is 12.1. The number of aryl methyl sites for hydroxylation is 2. The number of nitrogens with zero attached hydrogens (tertiary/aromatic N) is 3. The number of hydrogen-bond donors (Lipinski definition) is 1. The van der Waals surface area contributed by atoms with E-state index in [9.17, 15) is 0 Å². The molecule has 0 saturated heterocycles. The lowest BCUT2D eigenvalue weighted by Crippen LogP contribution is -1.87. The van der Waals surface area contributed by atoms with E-state index in [-0.39, 0.29) is 0 Å². The Hall–Kier alpha value is -2.21. The first-order valence-corrected chi connectivity index (χ1v) is 7.14. The molecule has 0 unspecified atom stereocenters. The summed E-state index contributed by atoms with van der Waals surface area (Å²) in [6, 6.07) is 5.85. The molecule has 0 spiro atoms. The van der Waals surface area contributed by atoms with Gasteiger partial charge in [-0.05, 0) is 37.1 Å². The summed E-state index contributed by atoms with van der Waals surface area (Å²) in [7, 11) is 0. The van der Waals surface area contributed by atoms with Crippen LogP contribution < -0.4 is 5.73 Å². The fourth-order valence-electron chi connectivity index (χ4n) is 1.89. The van der Waals surface area contributed by atoms with Crippen LogP contribution in [0.1, 0.15) is 17.4 Å². The molecule has 0 aromatic carbocycles. The summed E-state index contributed by atoms with van der Waals surface area (Å²) < 4.78 is 5.31. The topological polar surface area (TPSA) is 77.8 Å². The third kappa shape index (κ3) is 2.30. The van der Waals surface area contributed by atoms with Crippen molar-refractivity contribution in [1.29, 1.82) is 0 Å². The molecule has 3 heterocycles. The molecule has 0 amide bonds. The Labute approximate surface area is 120 Å². The highest BCUT2D eigenvalue weighted by atomic mass is 32.1. The van der Waals surface area contributed by atoms with Crippen LogP contribution in [0.4, 0.5) is 5.00 Å². The van der Waals surface area contributed by atoms with Crippen molar-refractivity contribution in [3.8, 4) is 23.0 Å². The lowest BCUT2D eigenvalue weighted by molar-refractivity contribution is 0.432. The van der Waals surface area contributed by atoms with Gasteiger partial charge in [-0.3, -0.25) is 4.98 Å². The maximum Gasteiger partial charge on any atom is 0.261 e. The van der Waals surface area contributed by atoms with Gasteiger partial charge in [0.25, 0.3) is 5.89 Å². The second-order valence-electron chi connectivity index (χ2n) is 4.49. The molecule has 0 aliphatic heterocycles. The zero-order chi connectivity index (χ0) is 14.1. The van der Waals surface area contributed by atoms with E-state index in [4.69, 9.17) is 10.3 Å². The van der Waals surface area contributed by atoms with Crippen molar-refractivity contribution in [2.24, 2.45) is 0 Å². The van der Waals surface area contributed by atoms with Gasteiger partial charge in [-0.2, -0.15) is 4.98 Å². The van der Waals surface area contributed by atoms with E-state index < -0.39 is 0 Å². The van der Waals surface area contributed by atoms with Crippen LogP contribution in [0.25, 0.3) is 23.0 Å². The van der Waals surface area contributed by atoms with Gasteiger partial charge in [0, 0.05) is 11.1 Å². The Bertz CT molecular complexity index is 747. The summed E-state index contributed by atoms with van der Waals surface area (Å²) in [5.74, 6) is 0.920. The summed E-state index contributed by atoms with van der Waals surface area (Å²) >= 11 is 1.55. The van der Waals surface area contributed by atoms with Crippen LogP contribution in [0.2, 0.25) is 0 Å². The van der Waals surface area contributed by atoms with Gasteiger partial charge in [0.15, 0.2) is 0 Å². The highest BCUT2D eigenvalue weighted by molar-refractivity contribution is 7.16. The molecule has 0 radical (unpaired) electrons. The molecule has 2 N–H and O–H groups in total. The Morgan fingerprint density at radius 2 is 2.20 bits per heavy atom. The van der Waals surface area contributed by atoms with Gasteiger partial charge >= 0.3 is 0 Å². The van der Waals surface area contributed by atoms with E-state index in [1.165, 1.54) is 4.88 Å². The number of anilines is 1. The van der Waals surface area contributed by atoms with Crippen molar-refractivity contribution in [3.63, 3.8) is 0 Å². The quantitative estimate of drug-likeness (QED) is 0.799. The van der Waals surface area contributed by atoms with Gasteiger partial charge in [-0.15, -0.1) is 11.3 Å². The molecule has 6 heteroatoms. The maximum atomic E-state index is 6.00. The van der Waals surface area contributed by atoms with Gasteiger partial charge < -0.3 is 10.3 Å². The molecule has 5 nitrogen and oxygen atoms in total. The fraction of sp³-hybridized carbons (Fsp3) is 0.214. The van der Waals surface area contributed by atoms with Gasteiger partial charge in [-0.1, -0.05) is 12.1 Å². The van der Waals surface area contributed by atoms with Crippen molar-refractivity contribution in [2.75, 3.05) is 5.73 Å². The summed E-state index contributed by atoms with van der Waals surface area (Å²) in [6.07, 6.45) is 2.67. The summed E-state index contributed by atoms with van der Waals surface area (Å²) in [4.78, 5) is 9.83. The predicted octanol–water partition coefficient (Wildman–Crippen LogP) is 3.31. The standard InChI is InChI=1S/C14H14N4OS/c1-3-9-7-10(12(15)20-9)14-17-13(18-19-14)11-6-8(2)4-5-16-11/h4-7H,3,15H2,1-2H3. The highest BCUT2D eigenvalue weighted by Crippen LogP contribution is 2.33. The van der Waals surface area contributed by atoms with Crippen LogP contribution in [-0.4, -0.2) is 15.1 Å². The number of hydrogen-bond acceptors (Lipinski definition) is 6. The first-order chi connectivity index (χ1) is 9.67. The number of nitrogen functional groups attached to an aromatic ring is 1. The SMILES string of the molecule is CCc1cc(-c2nc(-c3cc(C)ccn3)no2)c(N)s1. The van der Waals surface area contributed by atoms with Crippen molar-refractivity contribution in [1.82, 2.24) is 15.1 Å². The molecule has 0 bridgehead atoms. The molecule has 20 heavy (non-hydrogen) atoms. The van der Waals surface area contributed by atoms with E-state index >= 15 is 0 Å². The minimum atomic E-state index is 0.441. The minimum absolute atomic E-state index is 0.441. The molecule has 0 atom stereocenters. The molecule has 3 aromatic rings. The van der Waals surface area contributed by atoms with E-state index in [1.807, 2.05) is 25.1 Å². The molecule has 0 aliphatic carbocycles. The van der Waals surface area contributed by atoms with Crippen LogP contribution in [0.5, 0.6) is 0 Å². The Morgan fingerprint density at radius 1 is 1.35 bits per heavy atom. The second-order valence-corrected chi connectivity index (χ2v) is 5.65. The van der Waals surface area contributed by atoms with Gasteiger partial charge in [0.1, 0.15) is 5.69 Å². The summed E-state index contributed by atoms with van der Waals surface area (Å²) in [6.45, 7) is 4.08. The second kappa shape index (κ2) is 5.05.